The van der Waals surface area contributed by atoms with Gasteiger partial charge in [0.2, 0.25) is 0 Å². The second-order valence-corrected chi connectivity index (χ2v) is 4.62. The summed E-state index contributed by atoms with van der Waals surface area (Å²) in [5.41, 5.74) is 0.805. The van der Waals surface area contributed by atoms with Crippen molar-refractivity contribution in [2.75, 3.05) is 18.1 Å². The van der Waals surface area contributed by atoms with E-state index in [1.165, 1.54) is 0 Å². The summed E-state index contributed by atoms with van der Waals surface area (Å²) in [4.78, 5) is 13.3. The molecule has 16 heavy (non-hydrogen) atoms. The third-order valence-corrected chi connectivity index (χ3v) is 3.18. The third kappa shape index (κ3) is 2.20. The van der Waals surface area contributed by atoms with Gasteiger partial charge in [-0.15, -0.1) is 0 Å². The van der Waals surface area contributed by atoms with Crippen molar-refractivity contribution in [3.05, 3.63) is 28.7 Å². The fourth-order valence-corrected chi connectivity index (χ4v) is 2.09. The number of aliphatic hydroxyl groups excluding tert-OH is 1. The van der Waals surface area contributed by atoms with Gasteiger partial charge in [-0.2, -0.15) is 0 Å². The first-order chi connectivity index (χ1) is 7.72. The average molecular weight is 285 g/mol. The van der Waals surface area contributed by atoms with Gasteiger partial charge in [0.15, 0.2) is 0 Å². The largest absolute Gasteiger partial charge is 0.394 e. The Balaban J connectivity index is 2.28. The maximum atomic E-state index is 11.7. The lowest BCUT2D eigenvalue weighted by Crippen LogP contribution is -2.54. The molecule has 0 aromatic heterocycles. The Morgan fingerprint density at radius 2 is 2.12 bits per heavy atom. The van der Waals surface area contributed by atoms with Gasteiger partial charge < -0.3 is 10.4 Å². The molecule has 1 atom stereocenters. The molecule has 1 heterocycles. The first kappa shape index (κ1) is 11.4. The second-order valence-electron chi connectivity index (χ2n) is 3.70. The lowest BCUT2D eigenvalue weighted by molar-refractivity contribution is 0.215. The van der Waals surface area contributed by atoms with Gasteiger partial charge in [-0.1, -0.05) is 15.9 Å². The van der Waals surface area contributed by atoms with E-state index in [4.69, 9.17) is 0 Å². The van der Waals surface area contributed by atoms with Crippen LogP contribution >= 0.6 is 15.9 Å². The molecular formula is C11H13BrN2O2. The van der Waals surface area contributed by atoms with Crippen LogP contribution in [-0.4, -0.2) is 30.3 Å². The highest BCUT2D eigenvalue weighted by Crippen LogP contribution is 2.23. The molecule has 1 saturated heterocycles. The van der Waals surface area contributed by atoms with E-state index in [0.29, 0.717) is 6.54 Å². The second kappa shape index (κ2) is 4.84. The molecule has 1 aliphatic heterocycles. The van der Waals surface area contributed by atoms with E-state index in [1.807, 2.05) is 24.3 Å². The molecule has 86 valence electrons. The molecule has 4 nitrogen and oxygen atoms in total. The van der Waals surface area contributed by atoms with Crippen LogP contribution in [0.4, 0.5) is 10.5 Å². The molecule has 5 heteroatoms. The van der Waals surface area contributed by atoms with Crippen molar-refractivity contribution in [2.45, 2.75) is 12.5 Å². The van der Waals surface area contributed by atoms with Crippen LogP contribution in [0.2, 0.25) is 0 Å². The zero-order valence-electron chi connectivity index (χ0n) is 8.69. The highest BCUT2D eigenvalue weighted by Gasteiger charge is 2.28. The molecule has 0 spiro atoms. The summed E-state index contributed by atoms with van der Waals surface area (Å²) < 4.78 is 0.967. The minimum absolute atomic E-state index is 0.0104. The van der Waals surface area contributed by atoms with E-state index in [-0.39, 0.29) is 18.7 Å². The van der Waals surface area contributed by atoms with Crippen LogP contribution in [0.15, 0.2) is 28.7 Å². The Labute approximate surface area is 102 Å². The summed E-state index contributed by atoms with van der Waals surface area (Å²) in [5.74, 6) is 0. The lowest BCUT2D eigenvalue weighted by Gasteiger charge is -2.34. The van der Waals surface area contributed by atoms with Gasteiger partial charge in [0.05, 0.1) is 12.6 Å². The monoisotopic (exact) mass is 284 g/mol. The van der Waals surface area contributed by atoms with Gasteiger partial charge in [-0.3, -0.25) is 4.90 Å². The minimum atomic E-state index is -0.146. The van der Waals surface area contributed by atoms with E-state index in [1.54, 1.807) is 4.90 Å². The number of carbonyl (C=O) groups excluding carboxylic acids is 1. The number of nitrogens with zero attached hydrogens (tertiary/aromatic N) is 1. The first-order valence-corrected chi connectivity index (χ1v) is 5.95. The molecule has 0 unspecified atom stereocenters. The number of halogens is 1. The molecule has 1 fully saturated rings. The van der Waals surface area contributed by atoms with Gasteiger partial charge in [-0.25, -0.2) is 4.79 Å². The molecule has 0 bridgehead atoms. The zero-order valence-corrected chi connectivity index (χ0v) is 10.3. The average Bonchev–Trinajstić information content (AvgIpc) is 2.30. The van der Waals surface area contributed by atoms with Crippen molar-refractivity contribution < 1.29 is 9.90 Å². The Morgan fingerprint density at radius 1 is 1.44 bits per heavy atom. The predicted octanol–water partition coefficient (Wildman–Crippen LogP) is 1.73. The SMILES string of the molecule is O=C1NCC[C@@H](CO)N1c1ccc(Br)cc1. The quantitative estimate of drug-likeness (QED) is 0.869. The van der Waals surface area contributed by atoms with Crippen molar-refractivity contribution in [3.63, 3.8) is 0 Å². The number of nitrogens with one attached hydrogen (secondary N) is 1. The van der Waals surface area contributed by atoms with Crippen LogP contribution in [-0.2, 0) is 0 Å². The van der Waals surface area contributed by atoms with Crippen LogP contribution in [0.5, 0.6) is 0 Å². The fourth-order valence-electron chi connectivity index (χ4n) is 1.83. The highest BCUT2D eigenvalue weighted by molar-refractivity contribution is 9.10. The van der Waals surface area contributed by atoms with E-state index >= 15 is 0 Å². The molecule has 0 aliphatic carbocycles. The molecule has 2 N–H and O–H groups in total. The molecular weight excluding hydrogens is 272 g/mol. The van der Waals surface area contributed by atoms with Crippen LogP contribution in [0.3, 0.4) is 0 Å². The summed E-state index contributed by atoms with van der Waals surface area (Å²) in [6.45, 7) is 0.612. The summed E-state index contributed by atoms with van der Waals surface area (Å²) in [6, 6.07) is 7.20. The van der Waals surface area contributed by atoms with Gasteiger partial charge in [0.25, 0.3) is 0 Å². The molecule has 0 radical (unpaired) electrons. The summed E-state index contributed by atoms with van der Waals surface area (Å²) in [7, 11) is 0. The van der Waals surface area contributed by atoms with E-state index < -0.39 is 0 Å². The molecule has 1 aliphatic rings. The van der Waals surface area contributed by atoms with Gasteiger partial charge in [0, 0.05) is 16.7 Å². The third-order valence-electron chi connectivity index (χ3n) is 2.65. The van der Waals surface area contributed by atoms with Crippen LogP contribution in [0.25, 0.3) is 0 Å². The Kier molecular flexibility index (Phi) is 3.46. The first-order valence-electron chi connectivity index (χ1n) is 5.16. The molecule has 1 aromatic carbocycles. The van der Waals surface area contributed by atoms with E-state index in [2.05, 4.69) is 21.2 Å². The molecule has 2 rings (SSSR count). The van der Waals surface area contributed by atoms with Gasteiger partial charge in [0.1, 0.15) is 0 Å². The Morgan fingerprint density at radius 3 is 2.75 bits per heavy atom. The van der Waals surface area contributed by atoms with Gasteiger partial charge in [-0.05, 0) is 30.7 Å². The van der Waals surface area contributed by atoms with E-state index in [0.717, 1.165) is 16.6 Å². The highest BCUT2D eigenvalue weighted by atomic mass is 79.9. The number of carbonyl (C=O) groups is 1. The van der Waals surface area contributed by atoms with Crippen LogP contribution in [0, 0.1) is 0 Å². The fraction of sp³-hybridized carbons (Fsp3) is 0.364. The molecule has 2 amide bonds. The smallest absolute Gasteiger partial charge is 0.322 e. The van der Waals surface area contributed by atoms with Crippen molar-refractivity contribution in [1.82, 2.24) is 5.32 Å². The maximum absolute atomic E-state index is 11.7. The van der Waals surface area contributed by atoms with Gasteiger partial charge >= 0.3 is 6.03 Å². The minimum Gasteiger partial charge on any atom is -0.394 e. The summed E-state index contributed by atoms with van der Waals surface area (Å²) in [5, 5.41) is 12.0. The number of anilines is 1. The maximum Gasteiger partial charge on any atom is 0.322 e. The number of hydrogen-bond donors (Lipinski definition) is 2. The number of benzene rings is 1. The topological polar surface area (TPSA) is 52.6 Å². The number of hydrogen-bond acceptors (Lipinski definition) is 2. The van der Waals surface area contributed by atoms with Crippen molar-refractivity contribution in [1.29, 1.82) is 0 Å². The number of rotatable bonds is 2. The van der Waals surface area contributed by atoms with Crippen molar-refractivity contribution in [2.24, 2.45) is 0 Å². The Bertz CT molecular complexity index is 380. The molecule has 1 aromatic rings. The normalized spacial score (nSPS) is 20.8. The lowest BCUT2D eigenvalue weighted by atomic mass is 10.1. The number of amides is 2. The zero-order chi connectivity index (χ0) is 11.5. The van der Waals surface area contributed by atoms with Crippen LogP contribution < -0.4 is 10.2 Å². The predicted molar refractivity (Wildman–Crippen MR) is 65.5 cm³/mol. The number of urea groups is 1. The summed E-state index contributed by atoms with van der Waals surface area (Å²) in [6.07, 6.45) is 0.762. The molecule has 0 saturated carbocycles. The van der Waals surface area contributed by atoms with Crippen molar-refractivity contribution in [3.8, 4) is 0 Å². The van der Waals surface area contributed by atoms with E-state index in [9.17, 15) is 9.90 Å². The van der Waals surface area contributed by atoms with Crippen molar-refractivity contribution >= 4 is 27.6 Å². The standard InChI is InChI=1S/C11H13BrN2O2/c12-8-1-3-9(4-2-8)14-10(7-15)5-6-13-11(14)16/h1-4,10,15H,5-7H2,(H,13,16)/t10-/m0/s1. The summed E-state index contributed by atoms with van der Waals surface area (Å²) >= 11 is 3.35. The van der Waals surface area contributed by atoms with Crippen LogP contribution in [0.1, 0.15) is 6.42 Å². The Hall–Kier alpha value is -1.07. The number of aliphatic hydroxyl groups is 1.